The molecule has 0 aromatic carbocycles. The molecule has 0 bridgehead atoms. The Labute approximate surface area is 181 Å². The maximum Gasteiger partial charge on any atom is 0.409 e. The lowest BCUT2D eigenvalue weighted by Crippen LogP contribution is -2.42. The first kappa shape index (κ1) is 22.1. The van der Waals surface area contributed by atoms with Crippen LogP contribution >= 0.6 is 0 Å². The Balaban J connectivity index is 1.55. The van der Waals surface area contributed by atoms with E-state index >= 15 is 0 Å². The van der Waals surface area contributed by atoms with Crippen molar-refractivity contribution in [2.24, 2.45) is 5.92 Å². The zero-order chi connectivity index (χ0) is 22.1. The first-order valence-corrected chi connectivity index (χ1v) is 10.5. The van der Waals surface area contributed by atoms with E-state index in [1.54, 1.807) is 17.2 Å². The lowest BCUT2D eigenvalue weighted by Gasteiger charge is -2.32. The molecule has 0 spiro atoms. The van der Waals surface area contributed by atoms with Crippen molar-refractivity contribution < 1.29 is 9.53 Å². The largest absolute Gasteiger partial charge is 0.449 e. The van der Waals surface area contributed by atoms with Gasteiger partial charge in [0.05, 0.1) is 36.6 Å². The number of anilines is 4. The van der Waals surface area contributed by atoms with Crippen molar-refractivity contribution in [1.29, 1.82) is 5.26 Å². The van der Waals surface area contributed by atoms with Crippen LogP contribution < -0.4 is 16.4 Å². The molecule has 0 aliphatic carbocycles. The zero-order valence-corrected chi connectivity index (χ0v) is 17.7. The minimum Gasteiger partial charge on any atom is -0.449 e. The lowest BCUT2D eigenvalue weighted by molar-refractivity contribution is 0.0848. The number of nitrogens with zero attached hydrogens (tertiary/aromatic N) is 5. The predicted molar refractivity (Wildman–Crippen MR) is 118 cm³/mol. The Kier molecular flexibility index (Phi) is 7.81. The molecule has 1 atom stereocenters. The number of nitrogen functional groups attached to an aromatic ring is 1. The number of amides is 1. The van der Waals surface area contributed by atoms with Crippen LogP contribution in [0.1, 0.15) is 38.3 Å². The number of hydrogen-bond acceptors (Lipinski definition) is 9. The number of carbonyl (C=O) groups is 1. The van der Waals surface area contributed by atoms with Crippen LogP contribution in [0.15, 0.2) is 24.7 Å². The molecule has 4 N–H and O–H groups in total. The van der Waals surface area contributed by atoms with E-state index in [0.29, 0.717) is 42.9 Å². The van der Waals surface area contributed by atoms with Gasteiger partial charge in [0.1, 0.15) is 17.7 Å². The van der Waals surface area contributed by atoms with Gasteiger partial charge in [-0.1, -0.05) is 13.3 Å². The summed E-state index contributed by atoms with van der Waals surface area (Å²) in [6, 6.07) is 3.73. The van der Waals surface area contributed by atoms with Gasteiger partial charge in [0.2, 0.25) is 0 Å². The maximum absolute atomic E-state index is 12.2. The molecule has 3 heterocycles. The van der Waals surface area contributed by atoms with Crippen LogP contribution in [0.5, 0.6) is 0 Å². The fraction of sp³-hybridized carbons (Fsp3) is 0.476. The van der Waals surface area contributed by atoms with Crippen LogP contribution in [-0.2, 0) is 4.74 Å². The number of nitrogens with two attached hydrogens (primary N) is 1. The summed E-state index contributed by atoms with van der Waals surface area (Å²) in [7, 11) is 0. The number of aromatic nitrogens is 3. The van der Waals surface area contributed by atoms with Crippen molar-refractivity contribution in [2.45, 2.75) is 32.6 Å². The standard InChI is InChI=1S/C21H28N8O2/c1-2-3-7-31-21(30)29-6-4-5-15(14-29)10-25-18-8-19(27-12-17(18)23)28-20-13-24-16(9-22)11-26-20/h8,11-13,15H,2-7,10,14,23H2,1H3,(H2,25,26,27,28). The Morgan fingerprint density at radius 1 is 1.32 bits per heavy atom. The number of hydrogen-bond donors (Lipinski definition) is 3. The van der Waals surface area contributed by atoms with E-state index in [0.717, 1.165) is 37.9 Å². The van der Waals surface area contributed by atoms with E-state index in [2.05, 4.69) is 32.5 Å². The molecule has 10 heteroatoms. The molecule has 1 fully saturated rings. The van der Waals surface area contributed by atoms with Crippen LogP contribution in [0.4, 0.5) is 27.8 Å². The van der Waals surface area contributed by atoms with Gasteiger partial charge in [-0.25, -0.2) is 19.7 Å². The minimum absolute atomic E-state index is 0.225. The Morgan fingerprint density at radius 2 is 2.16 bits per heavy atom. The SMILES string of the molecule is CCCCOC(=O)N1CCCC(CNc2cc(Nc3cnc(C#N)cn3)ncc2N)C1. The summed E-state index contributed by atoms with van der Waals surface area (Å²) in [6.45, 7) is 4.62. The maximum atomic E-state index is 12.2. The monoisotopic (exact) mass is 424 g/mol. The third-order valence-corrected chi connectivity index (χ3v) is 5.04. The van der Waals surface area contributed by atoms with Crippen LogP contribution in [0.2, 0.25) is 0 Å². The van der Waals surface area contributed by atoms with E-state index in [1.807, 2.05) is 6.07 Å². The summed E-state index contributed by atoms with van der Waals surface area (Å²) < 4.78 is 5.34. The molecule has 31 heavy (non-hydrogen) atoms. The van der Waals surface area contributed by atoms with Crippen molar-refractivity contribution in [3.05, 3.63) is 30.4 Å². The number of likely N-dealkylation sites (tertiary alicyclic amines) is 1. The molecule has 2 aromatic heterocycles. The summed E-state index contributed by atoms with van der Waals surface area (Å²) in [5.41, 5.74) is 7.61. The topological polar surface area (TPSA) is 142 Å². The number of carbonyl (C=O) groups excluding carboxylic acids is 1. The van der Waals surface area contributed by atoms with Crippen molar-refractivity contribution >= 4 is 29.1 Å². The Hall–Kier alpha value is -3.61. The number of nitriles is 1. The average Bonchev–Trinajstić information content (AvgIpc) is 2.80. The highest BCUT2D eigenvalue weighted by Crippen LogP contribution is 2.24. The van der Waals surface area contributed by atoms with Crippen LogP contribution in [-0.4, -0.2) is 52.2 Å². The number of unbranched alkanes of at least 4 members (excludes halogenated alkanes) is 1. The third kappa shape index (κ3) is 6.44. The summed E-state index contributed by atoms with van der Waals surface area (Å²) in [6.07, 6.45) is 8.07. The van der Waals surface area contributed by atoms with E-state index in [1.165, 1.54) is 12.4 Å². The molecule has 10 nitrogen and oxygen atoms in total. The molecule has 1 amide bonds. The van der Waals surface area contributed by atoms with E-state index in [9.17, 15) is 4.79 Å². The van der Waals surface area contributed by atoms with Gasteiger partial charge in [-0.05, 0) is 25.2 Å². The Morgan fingerprint density at radius 3 is 2.90 bits per heavy atom. The van der Waals surface area contributed by atoms with Gasteiger partial charge in [0.15, 0.2) is 5.69 Å². The van der Waals surface area contributed by atoms with Crippen molar-refractivity contribution in [3.63, 3.8) is 0 Å². The molecule has 1 aliphatic rings. The number of rotatable bonds is 8. The number of piperidine rings is 1. The molecule has 3 rings (SSSR count). The molecular weight excluding hydrogens is 396 g/mol. The third-order valence-electron chi connectivity index (χ3n) is 5.04. The molecule has 1 saturated heterocycles. The first-order valence-electron chi connectivity index (χ1n) is 10.5. The minimum atomic E-state index is -0.225. The smallest absolute Gasteiger partial charge is 0.409 e. The van der Waals surface area contributed by atoms with E-state index < -0.39 is 0 Å². The van der Waals surface area contributed by atoms with Crippen molar-refractivity contribution in [1.82, 2.24) is 19.9 Å². The van der Waals surface area contributed by atoms with Gasteiger partial charge in [0, 0.05) is 25.7 Å². The molecule has 1 unspecified atom stereocenters. The highest BCUT2D eigenvalue weighted by molar-refractivity contribution is 5.70. The average molecular weight is 425 g/mol. The first-order chi connectivity index (χ1) is 15.1. The van der Waals surface area contributed by atoms with E-state index in [-0.39, 0.29) is 11.8 Å². The molecule has 1 aliphatic heterocycles. The highest BCUT2D eigenvalue weighted by Gasteiger charge is 2.24. The number of pyridine rings is 1. The number of nitrogens with one attached hydrogen (secondary N) is 2. The second-order valence-corrected chi connectivity index (χ2v) is 7.48. The van der Waals surface area contributed by atoms with Crippen LogP contribution in [0.25, 0.3) is 0 Å². The summed E-state index contributed by atoms with van der Waals surface area (Å²) in [5, 5.41) is 15.2. The van der Waals surface area contributed by atoms with Crippen LogP contribution in [0, 0.1) is 17.2 Å². The second kappa shape index (κ2) is 11.0. The molecule has 164 valence electrons. The fourth-order valence-corrected chi connectivity index (χ4v) is 3.32. The predicted octanol–water partition coefficient (Wildman–Crippen LogP) is 3.13. The van der Waals surface area contributed by atoms with Crippen molar-refractivity contribution in [2.75, 3.05) is 42.6 Å². The van der Waals surface area contributed by atoms with Gasteiger partial charge in [-0.3, -0.25) is 0 Å². The van der Waals surface area contributed by atoms with Gasteiger partial charge in [0.25, 0.3) is 0 Å². The normalized spacial score (nSPS) is 15.7. The van der Waals surface area contributed by atoms with Gasteiger partial charge >= 0.3 is 6.09 Å². The quantitative estimate of drug-likeness (QED) is 0.545. The number of ether oxygens (including phenoxy) is 1. The van der Waals surface area contributed by atoms with Crippen molar-refractivity contribution in [3.8, 4) is 6.07 Å². The highest BCUT2D eigenvalue weighted by atomic mass is 16.6. The van der Waals surface area contributed by atoms with Gasteiger partial charge in [-0.2, -0.15) is 5.26 Å². The Bertz CT molecular complexity index is 913. The van der Waals surface area contributed by atoms with Crippen LogP contribution in [0.3, 0.4) is 0 Å². The fourth-order valence-electron chi connectivity index (χ4n) is 3.32. The molecule has 0 saturated carbocycles. The van der Waals surface area contributed by atoms with Gasteiger partial charge < -0.3 is 26.0 Å². The zero-order valence-electron chi connectivity index (χ0n) is 17.7. The summed E-state index contributed by atoms with van der Waals surface area (Å²) >= 11 is 0. The summed E-state index contributed by atoms with van der Waals surface area (Å²) in [5.74, 6) is 1.34. The van der Waals surface area contributed by atoms with Gasteiger partial charge in [-0.15, -0.1) is 0 Å². The molecular formula is C21H28N8O2. The second-order valence-electron chi connectivity index (χ2n) is 7.48. The lowest BCUT2D eigenvalue weighted by atomic mass is 9.98. The van der Waals surface area contributed by atoms with E-state index in [4.69, 9.17) is 15.7 Å². The molecule has 0 radical (unpaired) electrons. The summed E-state index contributed by atoms with van der Waals surface area (Å²) in [4.78, 5) is 26.4. The molecule has 2 aromatic rings.